The summed E-state index contributed by atoms with van der Waals surface area (Å²) in [5.41, 5.74) is 5.47. The van der Waals surface area contributed by atoms with Gasteiger partial charge in [-0.3, -0.25) is 4.79 Å². The molecule has 1 amide bonds. The summed E-state index contributed by atoms with van der Waals surface area (Å²) < 4.78 is 35.5. The van der Waals surface area contributed by atoms with E-state index in [0.717, 1.165) is 12.3 Å². The van der Waals surface area contributed by atoms with Crippen molar-refractivity contribution in [1.82, 2.24) is 9.88 Å². The molecule has 0 saturated carbocycles. The van der Waals surface area contributed by atoms with Crippen molar-refractivity contribution in [2.24, 2.45) is 0 Å². The molecule has 98 valence electrons. The Labute approximate surface area is 104 Å². The minimum atomic E-state index is -3.06. The van der Waals surface area contributed by atoms with E-state index >= 15 is 0 Å². The number of halogens is 1. The molecular formula is C10H12FN3O3S. The van der Waals surface area contributed by atoms with Gasteiger partial charge in [0.15, 0.2) is 9.84 Å². The molecule has 1 aromatic rings. The topological polar surface area (TPSA) is 93.4 Å². The van der Waals surface area contributed by atoms with Crippen LogP contribution in [0.3, 0.4) is 0 Å². The molecule has 2 heterocycles. The maximum absolute atomic E-state index is 13.0. The fraction of sp³-hybridized carbons (Fsp3) is 0.400. The maximum atomic E-state index is 13.0. The average Bonchev–Trinajstić information content (AvgIpc) is 2.31. The van der Waals surface area contributed by atoms with E-state index in [1.54, 1.807) is 0 Å². The predicted octanol–water partition coefficient (Wildman–Crippen LogP) is -0.326. The van der Waals surface area contributed by atoms with Gasteiger partial charge in [0.05, 0.1) is 23.3 Å². The molecule has 8 heteroatoms. The first-order valence-electron chi connectivity index (χ1n) is 5.30. The summed E-state index contributed by atoms with van der Waals surface area (Å²) >= 11 is 0. The molecule has 2 N–H and O–H groups in total. The van der Waals surface area contributed by atoms with Gasteiger partial charge in [0.25, 0.3) is 5.91 Å². The normalized spacial score (nSPS) is 18.6. The second-order valence-corrected chi connectivity index (χ2v) is 6.33. The molecule has 2 rings (SSSR count). The van der Waals surface area contributed by atoms with Gasteiger partial charge in [-0.25, -0.2) is 17.8 Å². The first-order valence-corrected chi connectivity index (χ1v) is 7.12. The van der Waals surface area contributed by atoms with Crippen LogP contribution in [0, 0.1) is 5.82 Å². The van der Waals surface area contributed by atoms with Crippen molar-refractivity contribution < 1.29 is 17.6 Å². The zero-order valence-corrected chi connectivity index (χ0v) is 10.3. The Bertz CT molecular complexity index is 574. The van der Waals surface area contributed by atoms with Crippen LogP contribution < -0.4 is 5.73 Å². The number of rotatable bonds is 1. The fourth-order valence-corrected chi connectivity index (χ4v) is 2.91. The average molecular weight is 273 g/mol. The highest BCUT2D eigenvalue weighted by Crippen LogP contribution is 2.15. The number of sulfone groups is 1. The zero-order valence-electron chi connectivity index (χ0n) is 9.47. The van der Waals surface area contributed by atoms with Crippen molar-refractivity contribution >= 4 is 21.6 Å². The van der Waals surface area contributed by atoms with E-state index < -0.39 is 21.6 Å². The summed E-state index contributed by atoms with van der Waals surface area (Å²) in [5, 5.41) is 0. The summed E-state index contributed by atoms with van der Waals surface area (Å²) in [6, 6.07) is 1.01. The highest BCUT2D eigenvalue weighted by Gasteiger charge is 2.27. The molecule has 1 saturated heterocycles. The smallest absolute Gasteiger partial charge is 0.257 e. The SMILES string of the molecule is Nc1ncc(F)cc1C(=O)N1CCS(=O)(=O)CC1. The third-order valence-corrected chi connectivity index (χ3v) is 4.36. The van der Waals surface area contributed by atoms with Crippen LogP contribution >= 0.6 is 0 Å². The highest BCUT2D eigenvalue weighted by atomic mass is 32.2. The van der Waals surface area contributed by atoms with Crippen LogP contribution in [0.5, 0.6) is 0 Å². The van der Waals surface area contributed by atoms with Crippen LogP contribution in [0.25, 0.3) is 0 Å². The number of nitrogens with two attached hydrogens (primary N) is 1. The molecule has 18 heavy (non-hydrogen) atoms. The van der Waals surface area contributed by atoms with Gasteiger partial charge in [0, 0.05) is 13.1 Å². The molecule has 0 unspecified atom stereocenters. The number of nitrogens with zero attached hydrogens (tertiary/aromatic N) is 2. The molecule has 1 aliphatic rings. The van der Waals surface area contributed by atoms with Crippen molar-refractivity contribution in [3.63, 3.8) is 0 Å². The van der Waals surface area contributed by atoms with Gasteiger partial charge in [0.1, 0.15) is 11.6 Å². The fourth-order valence-electron chi connectivity index (χ4n) is 1.71. The molecule has 0 aromatic carbocycles. The molecule has 1 aromatic heterocycles. The summed E-state index contributed by atoms with van der Waals surface area (Å²) in [6.07, 6.45) is 0.923. The molecule has 1 fully saturated rings. The van der Waals surface area contributed by atoms with Gasteiger partial charge < -0.3 is 10.6 Å². The lowest BCUT2D eigenvalue weighted by Gasteiger charge is -2.26. The van der Waals surface area contributed by atoms with Crippen molar-refractivity contribution in [1.29, 1.82) is 0 Å². The second kappa shape index (κ2) is 4.52. The molecule has 1 aliphatic heterocycles. The number of amides is 1. The molecule has 0 bridgehead atoms. The summed E-state index contributed by atoms with van der Waals surface area (Å²) in [5.74, 6) is -1.37. The molecule has 6 nitrogen and oxygen atoms in total. The second-order valence-electron chi connectivity index (χ2n) is 4.03. The van der Waals surface area contributed by atoms with E-state index in [-0.39, 0.29) is 36.0 Å². The minimum Gasteiger partial charge on any atom is -0.383 e. The number of nitrogen functional groups attached to an aromatic ring is 1. The third-order valence-electron chi connectivity index (χ3n) is 2.75. The Balaban J connectivity index is 2.20. The quantitative estimate of drug-likeness (QED) is 0.756. The summed E-state index contributed by atoms with van der Waals surface area (Å²) in [6.45, 7) is 0.189. The van der Waals surface area contributed by atoms with E-state index in [0.29, 0.717) is 0 Å². The number of carbonyl (C=O) groups is 1. The Morgan fingerprint density at radius 1 is 1.39 bits per heavy atom. The third kappa shape index (κ3) is 2.58. The predicted molar refractivity (Wildman–Crippen MR) is 63.2 cm³/mol. The Hall–Kier alpha value is -1.70. The molecule has 0 radical (unpaired) electrons. The lowest BCUT2D eigenvalue weighted by Crippen LogP contribution is -2.44. The molecular weight excluding hydrogens is 261 g/mol. The van der Waals surface area contributed by atoms with Gasteiger partial charge >= 0.3 is 0 Å². The Kier molecular flexibility index (Phi) is 3.20. The van der Waals surface area contributed by atoms with Gasteiger partial charge in [-0.05, 0) is 6.07 Å². The minimum absolute atomic E-state index is 0.0331. The van der Waals surface area contributed by atoms with E-state index in [9.17, 15) is 17.6 Å². The first kappa shape index (κ1) is 12.7. The van der Waals surface area contributed by atoms with E-state index in [1.165, 1.54) is 4.90 Å². The van der Waals surface area contributed by atoms with Crippen LogP contribution in [-0.4, -0.2) is 48.8 Å². The van der Waals surface area contributed by atoms with Crippen LogP contribution in [0.15, 0.2) is 12.3 Å². The van der Waals surface area contributed by atoms with Crippen LogP contribution in [0.4, 0.5) is 10.2 Å². The number of anilines is 1. The lowest BCUT2D eigenvalue weighted by atomic mass is 10.2. The van der Waals surface area contributed by atoms with E-state index in [1.807, 2.05) is 0 Å². The lowest BCUT2D eigenvalue weighted by molar-refractivity contribution is 0.0770. The molecule has 0 atom stereocenters. The Morgan fingerprint density at radius 2 is 2.00 bits per heavy atom. The first-order chi connectivity index (χ1) is 8.39. The summed E-state index contributed by atoms with van der Waals surface area (Å²) in [7, 11) is -3.06. The number of carbonyl (C=O) groups excluding carboxylic acids is 1. The number of hydrogen-bond acceptors (Lipinski definition) is 5. The number of hydrogen-bond donors (Lipinski definition) is 1. The van der Waals surface area contributed by atoms with Crippen molar-refractivity contribution in [2.45, 2.75) is 0 Å². The van der Waals surface area contributed by atoms with Crippen molar-refractivity contribution in [3.8, 4) is 0 Å². The largest absolute Gasteiger partial charge is 0.383 e. The Morgan fingerprint density at radius 3 is 2.61 bits per heavy atom. The summed E-state index contributed by atoms with van der Waals surface area (Å²) in [4.78, 5) is 16.9. The van der Waals surface area contributed by atoms with Gasteiger partial charge in [-0.2, -0.15) is 0 Å². The molecule has 0 aliphatic carbocycles. The standard InChI is InChI=1S/C10H12FN3O3S/c11-7-5-8(9(12)13-6-7)10(15)14-1-3-18(16,17)4-2-14/h5-6H,1-4H2,(H2,12,13). The monoisotopic (exact) mass is 273 g/mol. The van der Waals surface area contributed by atoms with E-state index in [2.05, 4.69) is 4.98 Å². The number of pyridine rings is 1. The van der Waals surface area contributed by atoms with Crippen LogP contribution in [0.1, 0.15) is 10.4 Å². The van der Waals surface area contributed by atoms with Gasteiger partial charge in [0.2, 0.25) is 0 Å². The molecule has 0 spiro atoms. The van der Waals surface area contributed by atoms with E-state index in [4.69, 9.17) is 5.73 Å². The van der Waals surface area contributed by atoms with Crippen molar-refractivity contribution in [3.05, 3.63) is 23.6 Å². The zero-order chi connectivity index (χ0) is 13.3. The van der Waals surface area contributed by atoms with Crippen LogP contribution in [-0.2, 0) is 9.84 Å². The maximum Gasteiger partial charge on any atom is 0.257 e. The van der Waals surface area contributed by atoms with Crippen molar-refractivity contribution in [2.75, 3.05) is 30.3 Å². The highest BCUT2D eigenvalue weighted by molar-refractivity contribution is 7.91. The van der Waals surface area contributed by atoms with Gasteiger partial charge in [-0.15, -0.1) is 0 Å². The van der Waals surface area contributed by atoms with Crippen LogP contribution in [0.2, 0.25) is 0 Å². The van der Waals surface area contributed by atoms with Gasteiger partial charge in [-0.1, -0.05) is 0 Å². The number of aromatic nitrogens is 1.